The minimum Gasteiger partial charge on any atom is -0.475 e. The fraction of sp³-hybridized carbons (Fsp3) is 0.633. The highest BCUT2D eigenvalue weighted by molar-refractivity contribution is 6.01. The van der Waals surface area contributed by atoms with Crippen LogP contribution in [0.25, 0.3) is 11.0 Å². The lowest BCUT2D eigenvalue weighted by atomic mass is 9.76. The molecule has 1 aliphatic heterocycles. The molecule has 5 rings (SSSR count). The molecule has 9 heteroatoms. The molecule has 212 valence electrons. The van der Waals surface area contributed by atoms with Crippen molar-refractivity contribution in [2.75, 3.05) is 18.5 Å². The molecule has 0 spiro atoms. The summed E-state index contributed by atoms with van der Waals surface area (Å²) in [5.41, 5.74) is 7.44. The first-order chi connectivity index (χ1) is 18.8. The van der Waals surface area contributed by atoms with E-state index < -0.39 is 24.7 Å². The van der Waals surface area contributed by atoms with Crippen LogP contribution in [0.2, 0.25) is 0 Å². The third-order valence-electron chi connectivity index (χ3n) is 9.55. The molecule has 4 N–H and O–H groups in total. The molecule has 2 aromatic rings. The van der Waals surface area contributed by atoms with Gasteiger partial charge in [-0.15, -0.1) is 0 Å². The van der Waals surface area contributed by atoms with Gasteiger partial charge in [-0.25, -0.2) is 9.18 Å². The van der Waals surface area contributed by atoms with Crippen LogP contribution in [-0.2, 0) is 9.59 Å². The maximum absolute atomic E-state index is 13.9. The molecule has 3 atom stereocenters. The summed E-state index contributed by atoms with van der Waals surface area (Å²) in [5.74, 6) is -0.921. The summed E-state index contributed by atoms with van der Waals surface area (Å²) < 4.78 is 18.5. The van der Waals surface area contributed by atoms with Crippen molar-refractivity contribution in [2.24, 2.45) is 29.4 Å². The highest BCUT2D eigenvalue weighted by atomic mass is 19.1. The van der Waals surface area contributed by atoms with Crippen molar-refractivity contribution in [1.82, 2.24) is 4.90 Å². The normalized spacial score (nSPS) is 27.0. The summed E-state index contributed by atoms with van der Waals surface area (Å²) >= 11 is 0. The molecule has 3 aliphatic rings. The second-order valence-corrected chi connectivity index (χ2v) is 11.8. The van der Waals surface area contributed by atoms with Crippen molar-refractivity contribution in [1.29, 1.82) is 0 Å². The van der Waals surface area contributed by atoms with Gasteiger partial charge in [0.2, 0.25) is 17.6 Å². The number of nitrogens with one attached hydrogen (secondary N) is 1. The molecular formula is C30H40FN3O5. The standard InChI is InChI=1S/C30H40FN3O5/c1-17-23-15-21(11-12-25(23)39-27(17)30(37)38)33-28(35)26-22(18-5-3-2-4-6-18)13-14-34(26)29(36)20-9-7-19(8-10-20)24(32)16-31/h11-12,15,18-20,22,24,26H,2-10,13-14,16,32H2,1H3,(H,33,35)(H,37,38)/t19?,20?,22-,24+,26-/m0/s1. The number of nitrogens with two attached hydrogens (primary N) is 1. The van der Waals surface area contributed by atoms with Gasteiger partial charge in [-0.2, -0.15) is 0 Å². The number of rotatable bonds is 7. The number of anilines is 1. The molecule has 2 aliphatic carbocycles. The molecule has 0 bridgehead atoms. The highest BCUT2D eigenvalue weighted by Crippen LogP contribution is 2.41. The molecule has 1 aromatic heterocycles. The van der Waals surface area contributed by atoms with Gasteiger partial charge in [-0.3, -0.25) is 9.59 Å². The first-order valence-corrected chi connectivity index (χ1v) is 14.5. The monoisotopic (exact) mass is 541 g/mol. The lowest BCUT2D eigenvalue weighted by Crippen LogP contribution is -2.50. The fourth-order valence-electron chi connectivity index (χ4n) is 7.33. The number of aromatic carboxylic acids is 1. The zero-order chi connectivity index (χ0) is 27.7. The Morgan fingerprint density at radius 1 is 1.10 bits per heavy atom. The van der Waals surface area contributed by atoms with Crippen LogP contribution in [0.4, 0.5) is 10.1 Å². The Kier molecular flexibility index (Phi) is 8.26. The van der Waals surface area contributed by atoms with Crippen molar-refractivity contribution < 1.29 is 28.3 Å². The number of furan rings is 1. The number of likely N-dealkylation sites (tertiary alicyclic amines) is 1. The summed E-state index contributed by atoms with van der Waals surface area (Å²) in [5, 5.41) is 13.1. The first-order valence-electron chi connectivity index (χ1n) is 14.5. The molecular weight excluding hydrogens is 501 g/mol. The number of carboxylic acids is 1. The molecule has 39 heavy (non-hydrogen) atoms. The number of amides is 2. The molecule has 0 unspecified atom stereocenters. The van der Waals surface area contributed by atoms with Gasteiger partial charge < -0.3 is 25.5 Å². The van der Waals surface area contributed by atoms with Gasteiger partial charge in [0.1, 0.15) is 18.3 Å². The maximum atomic E-state index is 13.9. The minimum atomic E-state index is -1.13. The van der Waals surface area contributed by atoms with Gasteiger partial charge in [0.15, 0.2) is 0 Å². The number of carboxylic acid groups (broad SMARTS) is 1. The summed E-state index contributed by atoms with van der Waals surface area (Å²) in [6.07, 6.45) is 9.35. The quantitative estimate of drug-likeness (QED) is 0.438. The van der Waals surface area contributed by atoms with E-state index in [2.05, 4.69) is 5.32 Å². The number of alkyl halides is 1. The van der Waals surface area contributed by atoms with E-state index in [1.165, 1.54) is 6.42 Å². The number of carbonyl (C=O) groups is 3. The van der Waals surface area contributed by atoms with Crippen LogP contribution in [0.15, 0.2) is 22.6 Å². The van der Waals surface area contributed by atoms with E-state index in [9.17, 15) is 23.9 Å². The number of benzene rings is 1. The summed E-state index contributed by atoms with van der Waals surface area (Å²) in [6.45, 7) is 1.72. The number of aryl methyl sites for hydroxylation is 1. The summed E-state index contributed by atoms with van der Waals surface area (Å²) in [6, 6.07) is 4.11. The molecule has 2 saturated carbocycles. The SMILES string of the molecule is Cc1c(C(=O)O)oc2ccc(NC(=O)[C@@H]3[C@H](C4CCCCC4)CCN3C(=O)C3CCC([C@H](N)CF)CC3)cc12. The predicted octanol–water partition coefficient (Wildman–Crippen LogP) is 5.28. The van der Waals surface area contributed by atoms with E-state index in [1.807, 2.05) is 4.90 Å². The Balaban J connectivity index is 1.36. The van der Waals surface area contributed by atoms with Crippen molar-refractivity contribution in [3.63, 3.8) is 0 Å². The Hall–Kier alpha value is -2.94. The summed E-state index contributed by atoms with van der Waals surface area (Å²) in [7, 11) is 0. The number of fused-ring (bicyclic) bond motifs is 1. The van der Waals surface area contributed by atoms with E-state index in [4.69, 9.17) is 10.2 Å². The smallest absolute Gasteiger partial charge is 0.372 e. The third-order valence-corrected chi connectivity index (χ3v) is 9.55. The Morgan fingerprint density at radius 2 is 1.82 bits per heavy atom. The zero-order valence-corrected chi connectivity index (χ0v) is 22.7. The molecule has 1 saturated heterocycles. The number of nitrogens with zero attached hydrogens (tertiary/aromatic N) is 1. The lowest BCUT2D eigenvalue weighted by Gasteiger charge is -2.36. The zero-order valence-electron chi connectivity index (χ0n) is 22.7. The largest absolute Gasteiger partial charge is 0.475 e. The number of carbonyl (C=O) groups excluding carboxylic acids is 2. The molecule has 3 fully saturated rings. The van der Waals surface area contributed by atoms with E-state index in [0.29, 0.717) is 47.5 Å². The number of halogens is 1. The van der Waals surface area contributed by atoms with E-state index in [0.717, 1.165) is 44.9 Å². The van der Waals surface area contributed by atoms with E-state index in [-0.39, 0.29) is 35.3 Å². The van der Waals surface area contributed by atoms with Crippen LogP contribution < -0.4 is 11.1 Å². The Bertz CT molecular complexity index is 1210. The molecule has 0 radical (unpaired) electrons. The van der Waals surface area contributed by atoms with Gasteiger partial charge in [0.25, 0.3) is 0 Å². The van der Waals surface area contributed by atoms with E-state index >= 15 is 0 Å². The van der Waals surface area contributed by atoms with Gasteiger partial charge in [-0.1, -0.05) is 32.1 Å². The van der Waals surface area contributed by atoms with Crippen LogP contribution in [-0.4, -0.2) is 53.1 Å². The predicted molar refractivity (Wildman–Crippen MR) is 146 cm³/mol. The van der Waals surface area contributed by atoms with Crippen molar-refractivity contribution in [2.45, 2.75) is 83.2 Å². The van der Waals surface area contributed by atoms with Crippen LogP contribution in [0, 0.1) is 30.6 Å². The van der Waals surface area contributed by atoms with Crippen LogP contribution >= 0.6 is 0 Å². The van der Waals surface area contributed by atoms with E-state index in [1.54, 1.807) is 25.1 Å². The first kappa shape index (κ1) is 27.6. The topological polar surface area (TPSA) is 126 Å². The van der Waals surface area contributed by atoms with Crippen LogP contribution in [0.1, 0.15) is 80.3 Å². The molecule has 8 nitrogen and oxygen atoms in total. The van der Waals surface area contributed by atoms with Crippen molar-refractivity contribution in [3.8, 4) is 0 Å². The average Bonchev–Trinajstić information content (AvgIpc) is 3.54. The number of hydrogen-bond acceptors (Lipinski definition) is 5. The fourth-order valence-corrected chi connectivity index (χ4v) is 7.33. The van der Waals surface area contributed by atoms with Crippen molar-refractivity contribution in [3.05, 3.63) is 29.5 Å². The van der Waals surface area contributed by atoms with Crippen LogP contribution in [0.5, 0.6) is 0 Å². The average molecular weight is 542 g/mol. The van der Waals surface area contributed by atoms with Gasteiger partial charge in [0.05, 0.1) is 0 Å². The minimum absolute atomic E-state index is 0.0351. The third kappa shape index (κ3) is 5.55. The van der Waals surface area contributed by atoms with Crippen molar-refractivity contribution >= 4 is 34.4 Å². The second kappa shape index (κ2) is 11.7. The highest BCUT2D eigenvalue weighted by Gasteiger charge is 2.47. The lowest BCUT2D eigenvalue weighted by molar-refractivity contribution is -0.142. The number of hydrogen-bond donors (Lipinski definition) is 3. The molecule has 1 aromatic carbocycles. The van der Waals surface area contributed by atoms with Gasteiger partial charge >= 0.3 is 5.97 Å². The maximum Gasteiger partial charge on any atom is 0.372 e. The van der Waals surface area contributed by atoms with Gasteiger partial charge in [-0.05, 0) is 75.0 Å². The summed E-state index contributed by atoms with van der Waals surface area (Å²) in [4.78, 5) is 41.0. The van der Waals surface area contributed by atoms with Crippen LogP contribution in [0.3, 0.4) is 0 Å². The second-order valence-electron chi connectivity index (χ2n) is 11.8. The Labute approximate surface area is 228 Å². The molecule has 2 amide bonds. The Morgan fingerprint density at radius 3 is 2.49 bits per heavy atom. The van der Waals surface area contributed by atoms with Gasteiger partial charge in [0, 0.05) is 35.1 Å². The molecule has 2 heterocycles.